The van der Waals surface area contributed by atoms with Crippen LogP contribution in [0.5, 0.6) is 0 Å². The van der Waals surface area contributed by atoms with Gasteiger partial charge in [0, 0.05) is 26.2 Å². The predicted molar refractivity (Wildman–Crippen MR) is 50.7 cm³/mol. The van der Waals surface area contributed by atoms with Gasteiger partial charge < -0.3 is 5.73 Å². The molecule has 6 heteroatoms. The molecule has 0 aliphatic heterocycles. The van der Waals surface area contributed by atoms with Crippen molar-refractivity contribution in [2.45, 2.75) is 6.42 Å². The highest BCUT2D eigenvalue weighted by Gasteiger charge is 1.95. The van der Waals surface area contributed by atoms with Crippen LogP contribution in [0.1, 0.15) is 5.69 Å². The molecule has 72 valence electrons. The molecule has 0 bridgehead atoms. The van der Waals surface area contributed by atoms with Crippen molar-refractivity contribution in [2.75, 3.05) is 6.54 Å². The first-order chi connectivity index (χ1) is 6.22. The number of hydrogen-bond donors (Lipinski definition) is 3. The second-order valence-electron chi connectivity index (χ2n) is 2.64. The minimum absolute atomic E-state index is 0.246. The first-order valence-corrected chi connectivity index (χ1v) is 3.97. The fourth-order valence-corrected chi connectivity index (χ4v) is 0.933. The van der Waals surface area contributed by atoms with Gasteiger partial charge in [0.05, 0.1) is 5.69 Å². The van der Waals surface area contributed by atoms with Gasteiger partial charge in [-0.25, -0.2) is 5.84 Å². The summed E-state index contributed by atoms with van der Waals surface area (Å²) >= 11 is 0. The van der Waals surface area contributed by atoms with E-state index < -0.39 is 0 Å². The quantitative estimate of drug-likeness (QED) is 0.235. The minimum Gasteiger partial charge on any atom is -0.369 e. The third kappa shape index (κ3) is 3.12. The van der Waals surface area contributed by atoms with Crippen molar-refractivity contribution < 1.29 is 0 Å². The Bertz CT molecular complexity index is 289. The van der Waals surface area contributed by atoms with Crippen molar-refractivity contribution in [2.24, 2.45) is 23.6 Å². The third-order valence-electron chi connectivity index (χ3n) is 1.57. The summed E-state index contributed by atoms with van der Waals surface area (Å²) in [5.74, 6) is 5.28. The van der Waals surface area contributed by atoms with Crippen molar-refractivity contribution in [3.05, 3.63) is 18.0 Å². The molecule has 1 aromatic heterocycles. The zero-order valence-corrected chi connectivity index (χ0v) is 7.57. The van der Waals surface area contributed by atoms with Gasteiger partial charge >= 0.3 is 0 Å². The molecule has 0 fully saturated rings. The van der Waals surface area contributed by atoms with Crippen LogP contribution in [-0.2, 0) is 13.5 Å². The summed E-state index contributed by atoms with van der Waals surface area (Å²) in [5.41, 5.74) is 8.59. The summed E-state index contributed by atoms with van der Waals surface area (Å²) < 4.78 is 1.75. The Labute approximate surface area is 76.6 Å². The Balaban J connectivity index is 2.35. The van der Waals surface area contributed by atoms with Crippen LogP contribution < -0.4 is 17.0 Å². The highest BCUT2D eigenvalue weighted by atomic mass is 15.3. The predicted octanol–water partition coefficient (Wildman–Crippen LogP) is -1.26. The minimum atomic E-state index is 0.246. The van der Waals surface area contributed by atoms with Gasteiger partial charge in [-0.3, -0.25) is 15.1 Å². The van der Waals surface area contributed by atoms with E-state index in [1.807, 2.05) is 19.3 Å². The van der Waals surface area contributed by atoms with E-state index in [0.29, 0.717) is 6.54 Å². The van der Waals surface area contributed by atoms with Crippen LogP contribution in [0.15, 0.2) is 17.3 Å². The largest absolute Gasteiger partial charge is 0.369 e. The van der Waals surface area contributed by atoms with Crippen LogP contribution in [0.4, 0.5) is 0 Å². The van der Waals surface area contributed by atoms with Crippen molar-refractivity contribution in [3.63, 3.8) is 0 Å². The summed E-state index contributed by atoms with van der Waals surface area (Å²) in [5, 5.41) is 4.19. The molecule has 0 saturated carbocycles. The van der Waals surface area contributed by atoms with Gasteiger partial charge in [-0.05, 0) is 6.07 Å². The number of aliphatic imine (C=N–C) groups is 1. The summed E-state index contributed by atoms with van der Waals surface area (Å²) in [4.78, 5) is 3.96. The number of nitrogens with zero attached hydrogens (tertiary/aromatic N) is 3. The van der Waals surface area contributed by atoms with Gasteiger partial charge in [-0.1, -0.05) is 0 Å². The van der Waals surface area contributed by atoms with E-state index in [1.165, 1.54) is 0 Å². The van der Waals surface area contributed by atoms with Crippen molar-refractivity contribution in [3.8, 4) is 0 Å². The van der Waals surface area contributed by atoms with Crippen LogP contribution in [0, 0.1) is 0 Å². The van der Waals surface area contributed by atoms with Gasteiger partial charge in [0.1, 0.15) is 0 Å². The monoisotopic (exact) mass is 182 g/mol. The number of rotatable bonds is 3. The number of nitrogens with two attached hydrogens (primary N) is 2. The maximum absolute atomic E-state index is 5.33. The van der Waals surface area contributed by atoms with Gasteiger partial charge in [-0.2, -0.15) is 5.10 Å². The first kappa shape index (κ1) is 9.53. The number of nitrogens with one attached hydrogen (secondary N) is 1. The lowest BCUT2D eigenvalue weighted by Gasteiger charge is -1.96. The molecule has 0 radical (unpaired) electrons. The van der Waals surface area contributed by atoms with E-state index in [4.69, 9.17) is 11.6 Å². The molecule has 0 aliphatic carbocycles. The second-order valence-corrected chi connectivity index (χ2v) is 2.64. The third-order valence-corrected chi connectivity index (χ3v) is 1.57. The number of aryl methyl sites for hydroxylation is 1. The van der Waals surface area contributed by atoms with Gasteiger partial charge in [0.15, 0.2) is 0 Å². The molecule has 0 spiro atoms. The molecular formula is C7H14N6. The molecule has 0 unspecified atom stereocenters. The average Bonchev–Trinajstić information content (AvgIpc) is 2.51. The van der Waals surface area contributed by atoms with E-state index in [2.05, 4.69) is 15.5 Å². The van der Waals surface area contributed by atoms with E-state index >= 15 is 0 Å². The molecule has 1 heterocycles. The Morgan fingerprint density at radius 1 is 1.77 bits per heavy atom. The lowest BCUT2D eigenvalue weighted by molar-refractivity contribution is 0.738. The Morgan fingerprint density at radius 2 is 2.54 bits per heavy atom. The smallest absolute Gasteiger partial charge is 0.203 e. The van der Waals surface area contributed by atoms with Crippen LogP contribution in [0.25, 0.3) is 0 Å². The molecule has 1 aromatic rings. The van der Waals surface area contributed by atoms with E-state index in [9.17, 15) is 0 Å². The highest BCUT2D eigenvalue weighted by Crippen LogP contribution is 1.94. The fraction of sp³-hybridized carbons (Fsp3) is 0.429. The summed E-state index contributed by atoms with van der Waals surface area (Å²) in [7, 11) is 1.88. The van der Waals surface area contributed by atoms with Crippen LogP contribution in [-0.4, -0.2) is 22.3 Å². The molecule has 13 heavy (non-hydrogen) atoms. The zero-order valence-electron chi connectivity index (χ0n) is 7.57. The molecule has 0 aromatic carbocycles. The van der Waals surface area contributed by atoms with Gasteiger partial charge in [0.2, 0.25) is 5.96 Å². The average molecular weight is 182 g/mol. The number of hydrazine groups is 1. The van der Waals surface area contributed by atoms with Crippen molar-refractivity contribution >= 4 is 5.96 Å². The molecule has 0 saturated heterocycles. The summed E-state index contributed by atoms with van der Waals surface area (Å²) in [6, 6.07) is 1.95. The SMILES string of the molecule is Cn1ccc(CCN=C(N)NN)n1. The van der Waals surface area contributed by atoms with Gasteiger partial charge in [-0.15, -0.1) is 0 Å². The van der Waals surface area contributed by atoms with Crippen LogP contribution >= 0.6 is 0 Å². The van der Waals surface area contributed by atoms with E-state index in [1.54, 1.807) is 4.68 Å². The van der Waals surface area contributed by atoms with Crippen molar-refractivity contribution in [1.82, 2.24) is 15.2 Å². The Kier molecular flexibility index (Phi) is 3.27. The topological polar surface area (TPSA) is 94.2 Å². The maximum Gasteiger partial charge on any atom is 0.203 e. The van der Waals surface area contributed by atoms with E-state index in [0.717, 1.165) is 12.1 Å². The molecule has 0 aliphatic rings. The lowest BCUT2D eigenvalue weighted by atomic mass is 10.3. The van der Waals surface area contributed by atoms with Crippen molar-refractivity contribution in [1.29, 1.82) is 0 Å². The second kappa shape index (κ2) is 4.46. The summed E-state index contributed by atoms with van der Waals surface area (Å²) in [6.07, 6.45) is 2.66. The number of aromatic nitrogens is 2. The lowest BCUT2D eigenvalue weighted by Crippen LogP contribution is -2.37. The number of guanidine groups is 1. The molecule has 5 N–H and O–H groups in total. The molecule has 0 amide bonds. The number of hydrogen-bond acceptors (Lipinski definition) is 3. The first-order valence-electron chi connectivity index (χ1n) is 3.97. The molecular weight excluding hydrogens is 168 g/mol. The molecule has 6 nitrogen and oxygen atoms in total. The summed E-state index contributed by atoms with van der Waals surface area (Å²) in [6.45, 7) is 0.590. The fourth-order valence-electron chi connectivity index (χ4n) is 0.933. The van der Waals surface area contributed by atoms with Crippen LogP contribution in [0.2, 0.25) is 0 Å². The van der Waals surface area contributed by atoms with Crippen LogP contribution in [0.3, 0.4) is 0 Å². The zero-order chi connectivity index (χ0) is 9.68. The molecule has 0 atom stereocenters. The molecule has 1 rings (SSSR count). The van der Waals surface area contributed by atoms with Gasteiger partial charge in [0.25, 0.3) is 0 Å². The normalized spacial score (nSPS) is 11.7. The standard InChI is InChI=1S/C7H14N6/c1-13-5-3-6(12-13)2-4-10-7(8)11-9/h3,5H,2,4,9H2,1H3,(H3,8,10,11). The Hall–Kier alpha value is -1.56. The maximum atomic E-state index is 5.33. The Morgan fingerprint density at radius 3 is 3.08 bits per heavy atom. The van der Waals surface area contributed by atoms with E-state index in [-0.39, 0.29) is 5.96 Å². The highest BCUT2D eigenvalue weighted by molar-refractivity contribution is 5.77.